The van der Waals surface area contributed by atoms with E-state index >= 15 is 0 Å². The zero-order valence-corrected chi connectivity index (χ0v) is 9.20. The molecule has 0 fully saturated rings. The standard InChI is InChI=1S/C10H17NO4/c1-6(5-12)4-11-9(13)7(2)8(3)10(14)15/h6,12H,4-5H2,1-3H3,(H,11,13)(H,14,15). The van der Waals surface area contributed by atoms with E-state index in [0.29, 0.717) is 6.54 Å². The first-order valence-corrected chi connectivity index (χ1v) is 4.70. The van der Waals surface area contributed by atoms with Crippen LogP contribution in [-0.2, 0) is 9.59 Å². The average molecular weight is 215 g/mol. The molecule has 86 valence electrons. The normalized spacial score (nSPS) is 14.1. The quantitative estimate of drug-likeness (QED) is 0.570. The van der Waals surface area contributed by atoms with Crippen LogP contribution in [0.5, 0.6) is 0 Å². The van der Waals surface area contributed by atoms with Gasteiger partial charge in [-0.2, -0.15) is 0 Å². The molecule has 0 rings (SSSR count). The Morgan fingerprint density at radius 3 is 2.20 bits per heavy atom. The summed E-state index contributed by atoms with van der Waals surface area (Å²) in [5.41, 5.74) is 0.219. The van der Waals surface area contributed by atoms with Crippen LogP contribution in [0.15, 0.2) is 11.1 Å². The summed E-state index contributed by atoms with van der Waals surface area (Å²) in [5, 5.41) is 19.9. The van der Waals surface area contributed by atoms with E-state index in [4.69, 9.17) is 10.2 Å². The maximum Gasteiger partial charge on any atom is 0.331 e. The third kappa shape index (κ3) is 4.60. The Bertz CT molecular complexity index is 283. The van der Waals surface area contributed by atoms with Crippen molar-refractivity contribution in [1.82, 2.24) is 5.32 Å². The molecule has 0 aromatic carbocycles. The summed E-state index contributed by atoms with van der Waals surface area (Å²) in [5.74, 6) is -1.54. The van der Waals surface area contributed by atoms with E-state index in [1.54, 1.807) is 6.92 Å². The zero-order chi connectivity index (χ0) is 12.0. The minimum atomic E-state index is -1.10. The first-order valence-electron chi connectivity index (χ1n) is 4.70. The fraction of sp³-hybridized carbons (Fsp3) is 0.600. The topological polar surface area (TPSA) is 86.6 Å². The summed E-state index contributed by atoms with van der Waals surface area (Å²) < 4.78 is 0. The van der Waals surface area contributed by atoms with Crippen molar-refractivity contribution in [2.45, 2.75) is 20.8 Å². The molecule has 0 aromatic rings. The molecular weight excluding hydrogens is 198 g/mol. The van der Waals surface area contributed by atoms with E-state index in [9.17, 15) is 9.59 Å². The molecule has 0 bridgehead atoms. The maximum atomic E-state index is 11.4. The van der Waals surface area contributed by atoms with Crippen LogP contribution in [0.2, 0.25) is 0 Å². The number of carbonyl (C=O) groups excluding carboxylic acids is 1. The lowest BCUT2D eigenvalue weighted by Gasteiger charge is -2.10. The molecule has 0 aromatic heterocycles. The summed E-state index contributed by atoms with van der Waals surface area (Å²) in [6.45, 7) is 4.94. The molecule has 0 aliphatic carbocycles. The lowest BCUT2D eigenvalue weighted by molar-refractivity contribution is -0.133. The van der Waals surface area contributed by atoms with Gasteiger partial charge in [-0.3, -0.25) is 4.79 Å². The lowest BCUT2D eigenvalue weighted by atomic mass is 10.1. The van der Waals surface area contributed by atoms with Gasteiger partial charge >= 0.3 is 5.97 Å². The highest BCUT2D eigenvalue weighted by atomic mass is 16.4. The van der Waals surface area contributed by atoms with Gasteiger partial charge in [0.2, 0.25) is 5.91 Å². The summed E-state index contributed by atoms with van der Waals surface area (Å²) >= 11 is 0. The smallest absolute Gasteiger partial charge is 0.331 e. The Morgan fingerprint density at radius 1 is 1.27 bits per heavy atom. The number of amides is 1. The molecule has 5 heteroatoms. The molecule has 15 heavy (non-hydrogen) atoms. The Balaban J connectivity index is 4.34. The molecule has 0 heterocycles. The van der Waals surface area contributed by atoms with Crippen LogP contribution in [0.3, 0.4) is 0 Å². The number of carboxylic acids is 1. The molecule has 1 unspecified atom stereocenters. The van der Waals surface area contributed by atoms with E-state index in [0.717, 1.165) is 0 Å². The molecule has 3 N–H and O–H groups in total. The molecule has 0 aliphatic heterocycles. The number of hydrogen-bond donors (Lipinski definition) is 3. The van der Waals surface area contributed by atoms with E-state index < -0.39 is 11.9 Å². The Labute approximate surface area is 88.8 Å². The summed E-state index contributed by atoms with van der Waals surface area (Å²) in [7, 11) is 0. The second kappa shape index (κ2) is 6.19. The highest BCUT2D eigenvalue weighted by Gasteiger charge is 2.12. The molecule has 1 amide bonds. The number of aliphatic carboxylic acids is 1. The Hall–Kier alpha value is -1.36. The molecule has 0 radical (unpaired) electrons. The third-order valence-corrected chi connectivity index (χ3v) is 2.15. The monoisotopic (exact) mass is 215 g/mol. The van der Waals surface area contributed by atoms with Crippen molar-refractivity contribution in [3.05, 3.63) is 11.1 Å². The molecule has 0 spiro atoms. The predicted octanol–water partition coefficient (Wildman–Crippen LogP) is 0.152. The van der Waals surface area contributed by atoms with Gasteiger partial charge in [-0.05, 0) is 19.8 Å². The Kier molecular flexibility index (Phi) is 5.62. The van der Waals surface area contributed by atoms with Gasteiger partial charge in [0.05, 0.1) is 0 Å². The molecule has 5 nitrogen and oxygen atoms in total. The van der Waals surface area contributed by atoms with Crippen LogP contribution in [0.25, 0.3) is 0 Å². The highest BCUT2D eigenvalue weighted by Crippen LogP contribution is 2.03. The predicted molar refractivity (Wildman–Crippen MR) is 55.3 cm³/mol. The largest absolute Gasteiger partial charge is 0.478 e. The van der Waals surface area contributed by atoms with E-state index in [-0.39, 0.29) is 23.7 Å². The van der Waals surface area contributed by atoms with Crippen molar-refractivity contribution in [1.29, 1.82) is 0 Å². The van der Waals surface area contributed by atoms with Crippen LogP contribution in [0.4, 0.5) is 0 Å². The van der Waals surface area contributed by atoms with Gasteiger partial charge in [-0.1, -0.05) is 6.92 Å². The van der Waals surface area contributed by atoms with Gasteiger partial charge in [0.25, 0.3) is 0 Å². The summed E-state index contributed by atoms with van der Waals surface area (Å²) in [6.07, 6.45) is 0. The van der Waals surface area contributed by atoms with E-state index in [2.05, 4.69) is 5.32 Å². The van der Waals surface area contributed by atoms with Crippen LogP contribution in [-0.4, -0.2) is 35.2 Å². The maximum absolute atomic E-state index is 11.4. The number of carbonyl (C=O) groups is 2. The molecular formula is C10H17NO4. The fourth-order valence-electron chi connectivity index (χ4n) is 0.795. The second-order valence-electron chi connectivity index (χ2n) is 3.55. The van der Waals surface area contributed by atoms with Gasteiger partial charge in [-0.15, -0.1) is 0 Å². The number of aliphatic hydroxyl groups is 1. The number of hydrogen-bond acceptors (Lipinski definition) is 3. The fourth-order valence-corrected chi connectivity index (χ4v) is 0.795. The van der Waals surface area contributed by atoms with Crippen molar-refractivity contribution < 1.29 is 19.8 Å². The molecule has 1 atom stereocenters. The van der Waals surface area contributed by atoms with Crippen molar-refractivity contribution >= 4 is 11.9 Å². The summed E-state index contributed by atoms with van der Waals surface area (Å²) in [6, 6.07) is 0. The summed E-state index contributed by atoms with van der Waals surface area (Å²) in [4.78, 5) is 22.0. The van der Waals surface area contributed by atoms with Gasteiger partial charge in [-0.25, -0.2) is 4.79 Å². The first-order chi connectivity index (χ1) is 6.90. The molecule has 0 saturated heterocycles. The van der Waals surface area contributed by atoms with Crippen molar-refractivity contribution in [3.8, 4) is 0 Å². The number of aliphatic hydroxyl groups excluding tert-OH is 1. The van der Waals surface area contributed by atoms with Gasteiger partial charge in [0, 0.05) is 24.3 Å². The van der Waals surface area contributed by atoms with Gasteiger partial charge in [0.1, 0.15) is 0 Å². The molecule has 0 aliphatic rings. The molecule has 0 saturated carbocycles. The van der Waals surface area contributed by atoms with Crippen LogP contribution in [0.1, 0.15) is 20.8 Å². The van der Waals surface area contributed by atoms with Gasteiger partial charge < -0.3 is 15.5 Å². The SMILES string of the molecule is CC(C(=O)O)=C(C)C(=O)NCC(C)CO. The highest BCUT2D eigenvalue weighted by molar-refractivity contribution is 6.01. The zero-order valence-electron chi connectivity index (χ0n) is 9.20. The Morgan fingerprint density at radius 2 is 1.80 bits per heavy atom. The second-order valence-corrected chi connectivity index (χ2v) is 3.55. The van der Waals surface area contributed by atoms with Crippen molar-refractivity contribution in [3.63, 3.8) is 0 Å². The average Bonchev–Trinajstić information content (AvgIpc) is 2.22. The van der Waals surface area contributed by atoms with Crippen LogP contribution >= 0.6 is 0 Å². The minimum Gasteiger partial charge on any atom is -0.478 e. The minimum absolute atomic E-state index is 0.0129. The van der Waals surface area contributed by atoms with Crippen molar-refractivity contribution in [2.75, 3.05) is 13.2 Å². The van der Waals surface area contributed by atoms with E-state index in [1.807, 2.05) is 0 Å². The first kappa shape index (κ1) is 13.6. The van der Waals surface area contributed by atoms with E-state index in [1.165, 1.54) is 13.8 Å². The number of rotatable bonds is 5. The van der Waals surface area contributed by atoms with Crippen LogP contribution in [0, 0.1) is 5.92 Å². The van der Waals surface area contributed by atoms with Gasteiger partial charge in [0.15, 0.2) is 0 Å². The van der Waals surface area contributed by atoms with Crippen LogP contribution < -0.4 is 5.32 Å². The number of nitrogens with one attached hydrogen (secondary N) is 1. The lowest BCUT2D eigenvalue weighted by Crippen LogP contribution is -2.30. The third-order valence-electron chi connectivity index (χ3n) is 2.15. The van der Waals surface area contributed by atoms with Crippen molar-refractivity contribution in [2.24, 2.45) is 5.92 Å². The number of carboxylic acid groups (broad SMARTS) is 1.